The zero-order valence-corrected chi connectivity index (χ0v) is 12.7. The minimum atomic E-state index is -0.785. The number of carbonyl (C=O) groups is 1. The summed E-state index contributed by atoms with van der Waals surface area (Å²) in [6, 6.07) is 19.7. The molecule has 2 N–H and O–H groups in total. The summed E-state index contributed by atoms with van der Waals surface area (Å²) in [6.45, 7) is 1.70. The van der Waals surface area contributed by atoms with Crippen molar-refractivity contribution in [1.29, 1.82) is 0 Å². The molecule has 1 saturated heterocycles. The highest BCUT2D eigenvalue weighted by atomic mass is 16.3. The van der Waals surface area contributed by atoms with Gasteiger partial charge in [0, 0.05) is 18.5 Å². The molecule has 3 unspecified atom stereocenters. The summed E-state index contributed by atoms with van der Waals surface area (Å²) in [6.07, 6.45) is 0.407. The molecule has 2 aromatic rings. The topological polar surface area (TPSA) is 49.3 Å². The van der Waals surface area contributed by atoms with Gasteiger partial charge in [-0.3, -0.25) is 4.79 Å². The Labute approximate surface area is 131 Å². The third kappa shape index (κ3) is 2.58. The zero-order valence-electron chi connectivity index (χ0n) is 12.7. The Hall–Kier alpha value is -1.97. The molecule has 3 atom stereocenters. The lowest BCUT2D eigenvalue weighted by Gasteiger charge is -2.43. The molecule has 0 aromatic heterocycles. The van der Waals surface area contributed by atoms with Gasteiger partial charge in [0.25, 0.3) is 0 Å². The Kier molecular flexibility index (Phi) is 4.10. The van der Waals surface area contributed by atoms with Gasteiger partial charge in [-0.1, -0.05) is 60.7 Å². The van der Waals surface area contributed by atoms with Gasteiger partial charge >= 0.3 is 0 Å². The quantitative estimate of drug-likeness (QED) is 0.915. The number of piperidine rings is 1. The molecule has 1 fully saturated rings. The molecule has 0 saturated carbocycles. The fraction of sp³-hybridized carbons (Fsp3) is 0.316. The molecule has 1 aliphatic rings. The van der Waals surface area contributed by atoms with Crippen molar-refractivity contribution in [1.82, 2.24) is 5.32 Å². The molecule has 0 amide bonds. The van der Waals surface area contributed by atoms with Crippen LogP contribution in [0.15, 0.2) is 60.7 Å². The summed E-state index contributed by atoms with van der Waals surface area (Å²) < 4.78 is 0. The van der Waals surface area contributed by atoms with Crippen LogP contribution in [-0.2, 0) is 4.79 Å². The highest BCUT2D eigenvalue weighted by molar-refractivity contribution is 5.87. The van der Waals surface area contributed by atoms with Crippen molar-refractivity contribution >= 4 is 5.78 Å². The lowest BCUT2D eigenvalue weighted by atomic mass is 9.70. The standard InChI is InChI=1S/C19H21NO2/c1-19(13-21)17(22)12-16(14-8-4-2-5-9-14)20-18(19)15-10-6-3-7-11-15/h2-11,16,18,20-21H,12-13H2,1H3. The third-order valence-corrected chi connectivity index (χ3v) is 4.69. The maximum Gasteiger partial charge on any atom is 0.144 e. The summed E-state index contributed by atoms with van der Waals surface area (Å²) in [4.78, 5) is 12.7. The van der Waals surface area contributed by atoms with Gasteiger partial charge in [-0.25, -0.2) is 0 Å². The van der Waals surface area contributed by atoms with Crippen molar-refractivity contribution in [2.75, 3.05) is 6.61 Å². The molecule has 0 bridgehead atoms. The van der Waals surface area contributed by atoms with Crippen LogP contribution in [0.1, 0.15) is 36.6 Å². The first kappa shape index (κ1) is 14.9. The number of rotatable bonds is 3. The second-order valence-corrected chi connectivity index (χ2v) is 6.18. The van der Waals surface area contributed by atoms with E-state index in [0.717, 1.165) is 11.1 Å². The van der Waals surface area contributed by atoms with E-state index in [1.54, 1.807) is 0 Å². The van der Waals surface area contributed by atoms with E-state index in [1.165, 1.54) is 0 Å². The average Bonchev–Trinajstić information content (AvgIpc) is 2.58. The number of hydrogen-bond acceptors (Lipinski definition) is 3. The lowest BCUT2D eigenvalue weighted by Crippen LogP contribution is -2.51. The van der Waals surface area contributed by atoms with E-state index in [0.29, 0.717) is 6.42 Å². The van der Waals surface area contributed by atoms with E-state index in [1.807, 2.05) is 67.6 Å². The number of hydrogen-bond donors (Lipinski definition) is 2. The number of aliphatic hydroxyl groups excluding tert-OH is 1. The Bertz CT molecular complexity index is 641. The first-order valence-electron chi connectivity index (χ1n) is 7.65. The second kappa shape index (κ2) is 6.03. The number of carbonyl (C=O) groups excluding carboxylic acids is 1. The van der Waals surface area contributed by atoms with Gasteiger partial charge in [-0.15, -0.1) is 0 Å². The third-order valence-electron chi connectivity index (χ3n) is 4.69. The molecule has 22 heavy (non-hydrogen) atoms. The fourth-order valence-corrected chi connectivity index (χ4v) is 3.21. The molecule has 114 valence electrons. The Morgan fingerprint density at radius 1 is 1.05 bits per heavy atom. The number of ketones is 1. The lowest BCUT2D eigenvalue weighted by molar-refractivity contribution is -0.136. The maximum absolute atomic E-state index is 12.7. The number of benzene rings is 2. The summed E-state index contributed by atoms with van der Waals surface area (Å²) >= 11 is 0. The van der Waals surface area contributed by atoms with Crippen LogP contribution in [-0.4, -0.2) is 17.5 Å². The first-order chi connectivity index (χ1) is 10.6. The van der Waals surface area contributed by atoms with Gasteiger partial charge in [0.15, 0.2) is 0 Å². The van der Waals surface area contributed by atoms with Crippen LogP contribution in [0.3, 0.4) is 0 Å². The van der Waals surface area contributed by atoms with Crippen LogP contribution in [0.2, 0.25) is 0 Å². The van der Waals surface area contributed by atoms with Crippen LogP contribution < -0.4 is 5.32 Å². The predicted octanol–water partition coefficient (Wildman–Crippen LogP) is 3.03. The first-order valence-corrected chi connectivity index (χ1v) is 7.65. The molecule has 1 heterocycles. The minimum absolute atomic E-state index is 0.0152. The van der Waals surface area contributed by atoms with E-state index in [2.05, 4.69) is 5.32 Å². The van der Waals surface area contributed by atoms with Crippen molar-refractivity contribution in [3.05, 3.63) is 71.8 Å². The molecule has 3 rings (SSSR count). The largest absolute Gasteiger partial charge is 0.395 e. The fourth-order valence-electron chi connectivity index (χ4n) is 3.21. The summed E-state index contributed by atoms with van der Waals surface area (Å²) in [5.74, 6) is 0.108. The van der Waals surface area contributed by atoms with E-state index in [9.17, 15) is 9.90 Å². The van der Waals surface area contributed by atoms with E-state index in [4.69, 9.17) is 0 Å². The Morgan fingerprint density at radius 2 is 1.59 bits per heavy atom. The van der Waals surface area contributed by atoms with Crippen LogP contribution in [0.5, 0.6) is 0 Å². The minimum Gasteiger partial charge on any atom is -0.395 e. The van der Waals surface area contributed by atoms with Gasteiger partial charge in [0.05, 0.1) is 12.0 Å². The SMILES string of the molecule is CC1(CO)C(=O)CC(c2ccccc2)NC1c1ccccc1. The van der Waals surface area contributed by atoms with Crippen molar-refractivity contribution in [2.45, 2.75) is 25.4 Å². The highest BCUT2D eigenvalue weighted by Crippen LogP contribution is 2.42. The molecular formula is C19H21NO2. The molecule has 0 spiro atoms. The van der Waals surface area contributed by atoms with Crippen LogP contribution in [0.25, 0.3) is 0 Å². The second-order valence-electron chi connectivity index (χ2n) is 6.18. The summed E-state index contributed by atoms with van der Waals surface area (Å²) in [7, 11) is 0. The Morgan fingerprint density at radius 3 is 2.14 bits per heavy atom. The van der Waals surface area contributed by atoms with Crippen molar-refractivity contribution in [2.24, 2.45) is 5.41 Å². The molecule has 3 nitrogen and oxygen atoms in total. The zero-order chi connectivity index (χ0) is 15.6. The maximum atomic E-state index is 12.7. The molecule has 1 aliphatic heterocycles. The predicted molar refractivity (Wildman–Crippen MR) is 86.3 cm³/mol. The summed E-state index contributed by atoms with van der Waals surface area (Å²) in [5, 5.41) is 13.4. The smallest absolute Gasteiger partial charge is 0.144 e. The monoisotopic (exact) mass is 295 g/mol. The highest BCUT2D eigenvalue weighted by Gasteiger charge is 2.46. The van der Waals surface area contributed by atoms with Crippen LogP contribution in [0.4, 0.5) is 0 Å². The van der Waals surface area contributed by atoms with Gasteiger partial charge in [-0.05, 0) is 18.1 Å². The summed E-state index contributed by atoms with van der Waals surface area (Å²) in [5.41, 5.74) is 1.36. The van der Waals surface area contributed by atoms with Crippen molar-refractivity contribution in [3.8, 4) is 0 Å². The van der Waals surface area contributed by atoms with Crippen LogP contribution >= 0.6 is 0 Å². The molecule has 3 heteroatoms. The number of Topliss-reactive ketones (excluding diaryl/α,β-unsaturated/α-hetero) is 1. The van der Waals surface area contributed by atoms with E-state index in [-0.39, 0.29) is 24.5 Å². The van der Waals surface area contributed by atoms with Gasteiger partial charge in [-0.2, -0.15) is 0 Å². The van der Waals surface area contributed by atoms with E-state index >= 15 is 0 Å². The van der Waals surface area contributed by atoms with Gasteiger partial charge < -0.3 is 10.4 Å². The molecule has 0 aliphatic carbocycles. The molecule has 0 radical (unpaired) electrons. The van der Waals surface area contributed by atoms with Gasteiger partial charge in [0.1, 0.15) is 5.78 Å². The number of nitrogens with one attached hydrogen (secondary N) is 1. The molecular weight excluding hydrogens is 274 g/mol. The Balaban J connectivity index is 1.98. The van der Waals surface area contributed by atoms with Crippen LogP contribution in [0, 0.1) is 5.41 Å². The average molecular weight is 295 g/mol. The van der Waals surface area contributed by atoms with Gasteiger partial charge in [0.2, 0.25) is 0 Å². The van der Waals surface area contributed by atoms with Crippen molar-refractivity contribution < 1.29 is 9.90 Å². The number of aliphatic hydroxyl groups is 1. The van der Waals surface area contributed by atoms with E-state index < -0.39 is 5.41 Å². The molecule has 2 aromatic carbocycles. The van der Waals surface area contributed by atoms with Crippen molar-refractivity contribution in [3.63, 3.8) is 0 Å². The normalized spacial score (nSPS) is 28.5.